The van der Waals surface area contributed by atoms with Crippen LogP contribution in [0.15, 0.2) is 10.7 Å². The van der Waals surface area contributed by atoms with Gasteiger partial charge in [0.2, 0.25) is 0 Å². The molecule has 0 amide bonds. The standard InChI is InChI=1S/C15H22BrN3O/c16-12-9-13(19-14(18-12)11-5-6-11)17-10-15(20)7-3-1-2-4-8-15/h9,11,20H,1-8,10H2,(H,17,18,19). The van der Waals surface area contributed by atoms with Crippen molar-refractivity contribution in [2.45, 2.75) is 62.9 Å². The molecule has 0 radical (unpaired) electrons. The number of halogens is 1. The van der Waals surface area contributed by atoms with Crippen molar-refractivity contribution in [3.05, 3.63) is 16.5 Å². The Morgan fingerprint density at radius 1 is 1.20 bits per heavy atom. The second kappa shape index (κ2) is 5.98. The minimum absolute atomic E-state index is 0.536. The first-order chi connectivity index (χ1) is 9.65. The Hall–Kier alpha value is -0.680. The van der Waals surface area contributed by atoms with Gasteiger partial charge in [0.25, 0.3) is 0 Å². The van der Waals surface area contributed by atoms with Crippen LogP contribution in [0.3, 0.4) is 0 Å². The van der Waals surface area contributed by atoms with Gasteiger partial charge < -0.3 is 10.4 Å². The van der Waals surface area contributed by atoms with Gasteiger partial charge in [0.05, 0.1) is 5.60 Å². The molecule has 0 saturated heterocycles. The van der Waals surface area contributed by atoms with Crippen LogP contribution in [0.25, 0.3) is 0 Å². The molecule has 4 nitrogen and oxygen atoms in total. The van der Waals surface area contributed by atoms with Gasteiger partial charge in [-0.2, -0.15) is 0 Å². The molecule has 2 saturated carbocycles. The maximum absolute atomic E-state index is 10.7. The fourth-order valence-corrected chi connectivity index (χ4v) is 3.27. The largest absolute Gasteiger partial charge is 0.388 e. The highest BCUT2D eigenvalue weighted by Gasteiger charge is 2.29. The molecule has 0 bridgehead atoms. The van der Waals surface area contributed by atoms with Crippen molar-refractivity contribution in [2.24, 2.45) is 0 Å². The van der Waals surface area contributed by atoms with Crippen molar-refractivity contribution in [1.29, 1.82) is 0 Å². The van der Waals surface area contributed by atoms with E-state index in [1.54, 1.807) is 0 Å². The lowest BCUT2D eigenvalue weighted by atomic mass is 9.94. The van der Waals surface area contributed by atoms with Gasteiger partial charge in [0, 0.05) is 18.5 Å². The smallest absolute Gasteiger partial charge is 0.135 e. The zero-order valence-corrected chi connectivity index (χ0v) is 13.3. The summed E-state index contributed by atoms with van der Waals surface area (Å²) < 4.78 is 0.824. The number of nitrogens with zero attached hydrogens (tertiary/aromatic N) is 2. The summed E-state index contributed by atoms with van der Waals surface area (Å²) in [5.41, 5.74) is -0.576. The average molecular weight is 340 g/mol. The van der Waals surface area contributed by atoms with Gasteiger partial charge >= 0.3 is 0 Å². The van der Waals surface area contributed by atoms with Crippen LogP contribution in [0.2, 0.25) is 0 Å². The van der Waals surface area contributed by atoms with E-state index < -0.39 is 5.60 Å². The van der Waals surface area contributed by atoms with Gasteiger partial charge in [-0.15, -0.1) is 0 Å². The third kappa shape index (κ3) is 3.70. The summed E-state index contributed by atoms with van der Waals surface area (Å²) in [5, 5.41) is 14.0. The Bertz CT molecular complexity index is 468. The van der Waals surface area contributed by atoms with E-state index in [1.165, 1.54) is 25.7 Å². The number of hydrogen-bond acceptors (Lipinski definition) is 4. The maximum Gasteiger partial charge on any atom is 0.135 e. The molecule has 2 N–H and O–H groups in total. The van der Waals surface area contributed by atoms with E-state index in [4.69, 9.17) is 0 Å². The van der Waals surface area contributed by atoms with E-state index in [1.807, 2.05) is 6.07 Å². The molecule has 0 atom stereocenters. The van der Waals surface area contributed by atoms with E-state index >= 15 is 0 Å². The number of anilines is 1. The number of rotatable bonds is 4. The van der Waals surface area contributed by atoms with Gasteiger partial charge in [-0.3, -0.25) is 0 Å². The molecule has 0 aromatic carbocycles. The summed E-state index contributed by atoms with van der Waals surface area (Å²) >= 11 is 3.45. The Morgan fingerprint density at radius 3 is 2.55 bits per heavy atom. The minimum Gasteiger partial charge on any atom is -0.388 e. The van der Waals surface area contributed by atoms with Crippen LogP contribution in [0.1, 0.15) is 63.1 Å². The normalized spacial score (nSPS) is 22.3. The Labute approximate surface area is 128 Å². The molecule has 110 valence electrons. The predicted molar refractivity (Wildman–Crippen MR) is 82.8 cm³/mol. The van der Waals surface area contributed by atoms with Crippen LogP contribution < -0.4 is 5.32 Å². The second-order valence-corrected chi connectivity index (χ2v) is 7.01. The van der Waals surface area contributed by atoms with Crippen LogP contribution in [0.5, 0.6) is 0 Å². The van der Waals surface area contributed by atoms with Crippen LogP contribution in [-0.2, 0) is 0 Å². The molecule has 0 unspecified atom stereocenters. The molecule has 1 heterocycles. The van der Waals surface area contributed by atoms with Gasteiger partial charge in [-0.1, -0.05) is 25.7 Å². The monoisotopic (exact) mass is 339 g/mol. The van der Waals surface area contributed by atoms with E-state index in [0.717, 1.165) is 41.9 Å². The lowest BCUT2D eigenvalue weighted by molar-refractivity contribution is 0.0380. The molecule has 20 heavy (non-hydrogen) atoms. The minimum atomic E-state index is -0.576. The number of aliphatic hydroxyl groups is 1. The van der Waals surface area contributed by atoms with E-state index in [2.05, 4.69) is 31.2 Å². The van der Waals surface area contributed by atoms with Crippen LogP contribution in [0, 0.1) is 0 Å². The van der Waals surface area contributed by atoms with Gasteiger partial charge in [-0.25, -0.2) is 9.97 Å². The molecule has 0 aliphatic heterocycles. The van der Waals surface area contributed by atoms with Crippen molar-refractivity contribution in [3.63, 3.8) is 0 Å². The fourth-order valence-electron chi connectivity index (χ4n) is 2.87. The lowest BCUT2D eigenvalue weighted by Gasteiger charge is -2.27. The molecule has 5 heteroatoms. The van der Waals surface area contributed by atoms with Gasteiger partial charge in [0.1, 0.15) is 16.2 Å². The third-order valence-electron chi connectivity index (χ3n) is 4.29. The quantitative estimate of drug-likeness (QED) is 0.649. The summed E-state index contributed by atoms with van der Waals surface area (Å²) in [5.74, 6) is 2.29. The average Bonchev–Trinajstić information content (AvgIpc) is 3.24. The fraction of sp³-hybridized carbons (Fsp3) is 0.733. The first-order valence-corrected chi connectivity index (χ1v) is 8.45. The molecule has 2 fully saturated rings. The Morgan fingerprint density at radius 2 is 1.90 bits per heavy atom. The molecule has 1 aromatic heterocycles. The molecule has 3 rings (SSSR count). The zero-order chi connectivity index (χ0) is 14.0. The topological polar surface area (TPSA) is 58.0 Å². The molecule has 1 aromatic rings. The van der Waals surface area contributed by atoms with E-state index in [9.17, 15) is 5.11 Å². The Kier molecular flexibility index (Phi) is 4.26. The van der Waals surface area contributed by atoms with Crippen molar-refractivity contribution in [2.75, 3.05) is 11.9 Å². The maximum atomic E-state index is 10.7. The molecular weight excluding hydrogens is 318 g/mol. The van der Waals surface area contributed by atoms with E-state index in [0.29, 0.717) is 12.5 Å². The lowest BCUT2D eigenvalue weighted by Crippen LogP contribution is -2.36. The highest BCUT2D eigenvalue weighted by atomic mass is 79.9. The first kappa shape index (κ1) is 14.3. The second-order valence-electron chi connectivity index (χ2n) is 6.20. The van der Waals surface area contributed by atoms with Gasteiger partial charge in [0.15, 0.2) is 0 Å². The summed E-state index contributed by atoms with van der Waals surface area (Å²) in [7, 11) is 0. The third-order valence-corrected chi connectivity index (χ3v) is 4.69. The molecule has 2 aliphatic rings. The van der Waals surface area contributed by atoms with Crippen LogP contribution >= 0.6 is 15.9 Å². The highest BCUT2D eigenvalue weighted by Crippen LogP contribution is 2.38. The van der Waals surface area contributed by atoms with Crippen molar-refractivity contribution < 1.29 is 5.11 Å². The predicted octanol–water partition coefficient (Wildman–Crippen LogP) is 3.61. The number of hydrogen-bond donors (Lipinski definition) is 2. The van der Waals surface area contributed by atoms with Crippen molar-refractivity contribution in [1.82, 2.24) is 9.97 Å². The summed E-state index contributed by atoms with van der Waals surface area (Å²) in [4.78, 5) is 9.00. The SMILES string of the molecule is OC1(CNc2cc(Br)nc(C3CC3)n2)CCCCCC1. The van der Waals surface area contributed by atoms with E-state index in [-0.39, 0.29) is 0 Å². The molecule has 2 aliphatic carbocycles. The van der Waals surface area contributed by atoms with Crippen molar-refractivity contribution in [3.8, 4) is 0 Å². The summed E-state index contributed by atoms with van der Waals surface area (Å²) in [6.07, 6.45) is 8.90. The summed E-state index contributed by atoms with van der Waals surface area (Å²) in [6, 6.07) is 1.89. The first-order valence-electron chi connectivity index (χ1n) is 7.65. The molecule has 0 spiro atoms. The number of nitrogens with one attached hydrogen (secondary N) is 1. The Balaban J connectivity index is 1.65. The van der Waals surface area contributed by atoms with Crippen molar-refractivity contribution >= 4 is 21.7 Å². The van der Waals surface area contributed by atoms with Crippen LogP contribution in [-0.4, -0.2) is 27.2 Å². The van der Waals surface area contributed by atoms with Crippen LogP contribution in [0.4, 0.5) is 5.82 Å². The zero-order valence-electron chi connectivity index (χ0n) is 11.7. The van der Waals surface area contributed by atoms with Gasteiger partial charge in [-0.05, 0) is 41.6 Å². The molecular formula is C15H22BrN3O. The number of aromatic nitrogens is 2. The summed E-state index contributed by atoms with van der Waals surface area (Å²) in [6.45, 7) is 0.584. The highest BCUT2D eigenvalue weighted by molar-refractivity contribution is 9.10.